The van der Waals surface area contributed by atoms with E-state index in [0.717, 1.165) is 0 Å². The molecule has 1 rings (SSSR count). The van der Waals surface area contributed by atoms with E-state index in [1.165, 1.54) is 6.20 Å². The molecule has 0 saturated carbocycles. The van der Waals surface area contributed by atoms with Gasteiger partial charge in [0.2, 0.25) is 5.89 Å². The quantitative estimate of drug-likeness (QED) is 0.684. The molecule has 2 atom stereocenters. The maximum Gasteiger partial charge on any atom is 0.327 e. The summed E-state index contributed by atoms with van der Waals surface area (Å²) in [5.41, 5.74) is 0. The molecule has 3 N–H and O–H groups in total. The Morgan fingerprint density at radius 1 is 1.58 bits per heavy atom. The smallest absolute Gasteiger partial charge is 0.327 e. The number of oxazole rings is 1. The largest absolute Gasteiger partial charge is 0.480 e. The SMILES string of the molecule is C#CCC(NC(=O)NC(C)c1ncc(C)o1)C(=O)O. The van der Waals surface area contributed by atoms with E-state index in [9.17, 15) is 9.59 Å². The van der Waals surface area contributed by atoms with Crippen LogP contribution in [0.2, 0.25) is 0 Å². The van der Waals surface area contributed by atoms with Gasteiger partial charge in [0.05, 0.1) is 6.20 Å². The minimum Gasteiger partial charge on any atom is -0.480 e. The number of carboxylic acid groups (broad SMARTS) is 1. The molecule has 1 aromatic rings. The minimum atomic E-state index is -1.19. The molecule has 7 heteroatoms. The summed E-state index contributed by atoms with van der Waals surface area (Å²) in [6.45, 7) is 3.40. The lowest BCUT2D eigenvalue weighted by atomic mass is 10.2. The van der Waals surface area contributed by atoms with Gasteiger partial charge in [0, 0.05) is 6.42 Å². The van der Waals surface area contributed by atoms with Gasteiger partial charge in [0.25, 0.3) is 0 Å². The van der Waals surface area contributed by atoms with Crippen LogP contribution in [0, 0.1) is 19.3 Å². The van der Waals surface area contributed by atoms with Gasteiger partial charge in [-0.3, -0.25) is 0 Å². The molecule has 0 bridgehead atoms. The van der Waals surface area contributed by atoms with Gasteiger partial charge in [-0.05, 0) is 13.8 Å². The number of amides is 2. The standard InChI is InChI=1S/C12H15N3O4/c1-4-5-9(11(16)17)15-12(18)14-8(3)10-13-6-7(2)19-10/h1,6,8-9H,5H2,2-3H3,(H,16,17)(H2,14,15,18). The highest BCUT2D eigenvalue weighted by atomic mass is 16.4. The third kappa shape index (κ3) is 4.35. The number of carbonyl (C=O) groups is 2. The lowest BCUT2D eigenvalue weighted by Crippen LogP contribution is -2.46. The van der Waals surface area contributed by atoms with Gasteiger partial charge >= 0.3 is 12.0 Å². The van der Waals surface area contributed by atoms with Crippen molar-refractivity contribution in [3.8, 4) is 12.3 Å². The molecule has 0 aliphatic rings. The van der Waals surface area contributed by atoms with E-state index in [1.807, 2.05) is 0 Å². The van der Waals surface area contributed by atoms with Crippen LogP contribution in [-0.4, -0.2) is 28.1 Å². The fourth-order valence-corrected chi connectivity index (χ4v) is 1.35. The van der Waals surface area contributed by atoms with Crippen LogP contribution in [0.5, 0.6) is 0 Å². The molecule has 7 nitrogen and oxygen atoms in total. The van der Waals surface area contributed by atoms with Crippen LogP contribution < -0.4 is 10.6 Å². The Kier molecular flexibility index (Phi) is 4.94. The average molecular weight is 265 g/mol. The van der Waals surface area contributed by atoms with Gasteiger partial charge in [0.15, 0.2) is 0 Å². The zero-order valence-corrected chi connectivity index (χ0v) is 10.6. The Bertz CT molecular complexity index is 503. The number of urea groups is 1. The second-order valence-electron chi connectivity index (χ2n) is 3.95. The first-order valence-electron chi connectivity index (χ1n) is 5.59. The summed E-state index contributed by atoms with van der Waals surface area (Å²) in [4.78, 5) is 26.4. The predicted molar refractivity (Wildman–Crippen MR) is 66.2 cm³/mol. The summed E-state index contributed by atoms with van der Waals surface area (Å²) in [6, 6.07) is -2.25. The molecule has 0 fully saturated rings. The number of hydrogen-bond donors (Lipinski definition) is 3. The summed E-state index contributed by atoms with van der Waals surface area (Å²) in [7, 11) is 0. The molecule has 102 valence electrons. The Morgan fingerprint density at radius 2 is 2.26 bits per heavy atom. The van der Waals surface area contributed by atoms with Crippen LogP contribution in [0.25, 0.3) is 0 Å². The first-order valence-corrected chi connectivity index (χ1v) is 5.59. The van der Waals surface area contributed by atoms with Gasteiger partial charge < -0.3 is 20.2 Å². The first kappa shape index (κ1) is 14.6. The summed E-state index contributed by atoms with van der Waals surface area (Å²) < 4.78 is 5.24. The summed E-state index contributed by atoms with van der Waals surface area (Å²) in [5, 5.41) is 13.6. The number of hydrogen-bond acceptors (Lipinski definition) is 4. The van der Waals surface area contributed by atoms with E-state index in [4.69, 9.17) is 15.9 Å². The van der Waals surface area contributed by atoms with Crippen LogP contribution >= 0.6 is 0 Å². The highest BCUT2D eigenvalue weighted by Gasteiger charge is 2.21. The van der Waals surface area contributed by atoms with Crippen molar-refractivity contribution in [3.63, 3.8) is 0 Å². The number of nitrogens with zero attached hydrogens (tertiary/aromatic N) is 1. The number of terminal acetylenes is 1. The lowest BCUT2D eigenvalue weighted by molar-refractivity contribution is -0.139. The number of aryl methyl sites for hydroxylation is 1. The van der Waals surface area contributed by atoms with Crippen molar-refractivity contribution in [2.45, 2.75) is 32.4 Å². The number of nitrogens with one attached hydrogen (secondary N) is 2. The van der Waals surface area contributed by atoms with E-state index in [1.54, 1.807) is 13.8 Å². The molecule has 0 aliphatic heterocycles. The van der Waals surface area contributed by atoms with Crippen molar-refractivity contribution >= 4 is 12.0 Å². The summed E-state index contributed by atoms with van der Waals surface area (Å²) in [5.74, 6) is 1.97. The predicted octanol–water partition coefficient (Wildman–Crippen LogP) is 0.820. The second-order valence-corrected chi connectivity index (χ2v) is 3.95. The van der Waals surface area contributed by atoms with E-state index >= 15 is 0 Å². The van der Waals surface area contributed by atoms with Crippen molar-refractivity contribution in [2.24, 2.45) is 0 Å². The molecule has 0 aliphatic carbocycles. The van der Waals surface area contributed by atoms with Gasteiger partial charge in [-0.25, -0.2) is 14.6 Å². The maximum atomic E-state index is 11.6. The van der Waals surface area contributed by atoms with Gasteiger partial charge in [-0.2, -0.15) is 0 Å². The fourth-order valence-electron chi connectivity index (χ4n) is 1.35. The molecule has 19 heavy (non-hydrogen) atoms. The summed E-state index contributed by atoms with van der Waals surface area (Å²) >= 11 is 0. The van der Waals surface area contributed by atoms with Crippen molar-refractivity contribution in [1.82, 2.24) is 15.6 Å². The normalized spacial score (nSPS) is 13.1. The lowest BCUT2D eigenvalue weighted by Gasteiger charge is -2.15. The van der Waals surface area contributed by atoms with Crippen LogP contribution in [0.1, 0.15) is 31.0 Å². The van der Waals surface area contributed by atoms with Crippen LogP contribution in [0.3, 0.4) is 0 Å². The van der Waals surface area contributed by atoms with Crippen molar-refractivity contribution in [3.05, 3.63) is 17.8 Å². The van der Waals surface area contributed by atoms with Gasteiger partial charge in [-0.15, -0.1) is 12.3 Å². The first-order chi connectivity index (χ1) is 8.93. The zero-order valence-electron chi connectivity index (χ0n) is 10.6. The fraction of sp³-hybridized carbons (Fsp3) is 0.417. The van der Waals surface area contributed by atoms with E-state index < -0.39 is 24.1 Å². The van der Waals surface area contributed by atoms with E-state index in [-0.39, 0.29) is 6.42 Å². The summed E-state index contributed by atoms with van der Waals surface area (Å²) in [6.07, 6.45) is 6.47. The Hall–Kier alpha value is -2.49. The third-order valence-corrected chi connectivity index (χ3v) is 2.28. The van der Waals surface area contributed by atoms with Crippen molar-refractivity contribution < 1.29 is 19.1 Å². The maximum absolute atomic E-state index is 11.6. The third-order valence-electron chi connectivity index (χ3n) is 2.28. The molecule has 0 radical (unpaired) electrons. The van der Waals surface area contributed by atoms with Crippen molar-refractivity contribution in [1.29, 1.82) is 0 Å². The highest BCUT2D eigenvalue weighted by Crippen LogP contribution is 2.11. The highest BCUT2D eigenvalue weighted by molar-refractivity contribution is 5.82. The topological polar surface area (TPSA) is 104 Å². The average Bonchev–Trinajstić information content (AvgIpc) is 2.75. The van der Waals surface area contributed by atoms with Gasteiger partial charge in [-0.1, -0.05) is 0 Å². The van der Waals surface area contributed by atoms with Crippen LogP contribution in [0.15, 0.2) is 10.6 Å². The Balaban J connectivity index is 2.55. The zero-order chi connectivity index (χ0) is 14.4. The minimum absolute atomic E-state index is 0.0881. The molecular formula is C12H15N3O4. The van der Waals surface area contributed by atoms with E-state index in [0.29, 0.717) is 11.7 Å². The second kappa shape index (κ2) is 6.44. The monoisotopic (exact) mass is 265 g/mol. The van der Waals surface area contributed by atoms with Crippen LogP contribution in [-0.2, 0) is 4.79 Å². The number of carboxylic acids is 1. The number of aliphatic carboxylic acids is 1. The molecule has 0 spiro atoms. The van der Waals surface area contributed by atoms with E-state index in [2.05, 4.69) is 21.5 Å². The van der Waals surface area contributed by atoms with Gasteiger partial charge in [0.1, 0.15) is 17.8 Å². The Morgan fingerprint density at radius 3 is 2.74 bits per heavy atom. The molecule has 2 amide bonds. The molecular weight excluding hydrogens is 250 g/mol. The van der Waals surface area contributed by atoms with Crippen LogP contribution in [0.4, 0.5) is 4.79 Å². The number of carbonyl (C=O) groups excluding carboxylic acids is 1. The Labute approximate surface area is 110 Å². The number of aromatic nitrogens is 1. The molecule has 2 unspecified atom stereocenters. The molecule has 0 aromatic carbocycles. The number of rotatable bonds is 5. The van der Waals surface area contributed by atoms with Crippen molar-refractivity contribution in [2.75, 3.05) is 0 Å². The molecule has 1 heterocycles. The molecule has 0 saturated heterocycles. The molecule has 1 aromatic heterocycles.